The van der Waals surface area contributed by atoms with Crippen molar-refractivity contribution in [2.75, 3.05) is 26.3 Å². The van der Waals surface area contributed by atoms with E-state index in [1.165, 1.54) is 5.56 Å². The molecule has 3 heterocycles. The number of carbonyl (C=O) groups is 1. The van der Waals surface area contributed by atoms with Crippen LogP contribution in [0.2, 0.25) is 0 Å². The van der Waals surface area contributed by atoms with Gasteiger partial charge in [0.25, 0.3) is 0 Å². The zero-order chi connectivity index (χ0) is 17.6. The van der Waals surface area contributed by atoms with Crippen molar-refractivity contribution in [3.05, 3.63) is 35.0 Å². The lowest BCUT2D eigenvalue weighted by Gasteiger charge is -2.39. The first kappa shape index (κ1) is 16.8. The Labute approximate surface area is 148 Å². The summed E-state index contributed by atoms with van der Waals surface area (Å²) < 4.78 is 11.6. The number of aryl methyl sites for hydroxylation is 2. The van der Waals surface area contributed by atoms with E-state index < -0.39 is 5.79 Å². The van der Waals surface area contributed by atoms with E-state index in [0.717, 1.165) is 48.1 Å². The van der Waals surface area contributed by atoms with Crippen molar-refractivity contribution in [1.29, 1.82) is 0 Å². The van der Waals surface area contributed by atoms with E-state index in [4.69, 9.17) is 9.47 Å². The van der Waals surface area contributed by atoms with E-state index >= 15 is 0 Å². The number of benzene rings is 1. The van der Waals surface area contributed by atoms with Crippen LogP contribution in [-0.4, -0.2) is 53.8 Å². The number of Topliss-reactive ketones (excluding diaryl/α,β-unsaturated/α-hetero) is 1. The van der Waals surface area contributed by atoms with Crippen molar-refractivity contribution < 1.29 is 14.3 Å². The zero-order valence-electron chi connectivity index (χ0n) is 15.2. The van der Waals surface area contributed by atoms with Gasteiger partial charge in [0, 0.05) is 48.1 Å². The fourth-order valence-electron chi connectivity index (χ4n) is 4.18. The first-order chi connectivity index (χ1) is 12.0. The van der Waals surface area contributed by atoms with E-state index in [-0.39, 0.29) is 11.8 Å². The van der Waals surface area contributed by atoms with Gasteiger partial charge in [-0.3, -0.25) is 9.69 Å². The summed E-state index contributed by atoms with van der Waals surface area (Å²) in [5, 5.41) is 1.02. The van der Waals surface area contributed by atoms with Crippen molar-refractivity contribution in [1.82, 2.24) is 9.88 Å². The summed E-state index contributed by atoms with van der Waals surface area (Å²) in [5.74, 6) is -0.204. The molecule has 1 N–H and O–H groups in total. The Morgan fingerprint density at radius 3 is 2.56 bits per heavy atom. The molecule has 2 saturated heterocycles. The minimum absolute atomic E-state index is 0.141. The van der Waals surface area contributed by atoms with Crippen LogP contribution in [0.15, 0.2) is 18.2 Å². The molecular formula is C20H26N2O3. The van der Waals surface area contributed by atoms with Gasteiger partial charge in [0.1, 0.15) is 0 Å². The van der Waals surface area contributed by atoms with Crippen LogP contribution >= 0.6 is 0 Å². The lowest BCUT2D eigenvalue weighted by atomic mass is 9.97. The average Bonchev–Trinajstić information content (AvgIpc) is 3.17. The molecule has 5 nitrogen and oxygen atoms in total. The predicted octanol–water partition coefficient (Wildman–Crippen LogP) is 3.19. The second kappa shape index (κ2) is 6.24. The molecule has 25 heavy (non-hydrogen) atoms. The largest absolute Gasteiger partial charge is 0.358 e. The van der Waals surface area contributed by atoms with Crippen LogP contribution in [0.25, 0.3) is 10.9 Å². The van der Waals surface area contributed by atoms with E-state index in [9.17, 15) is 4.79 Å². The fourth-order valence-corrected chi connectivity index (χ4v) is 4.18. The van der Waals surface area contributed by atoms with Crippen LogP contribution in [0, 0.1) is 13.8 Å². The smallest absolute Gasteiger partial charge is 0.182 e. The molecule has 2 aliphatic rings. The molecule has 0 bridgehead atoms. The van der Waals surface area contributed by atoms with E-state index in [2.05, 4.69) is 35.0 Å². The molecular weight excluding hydrogens is 316 g/mol. The van der Waals surface area contributed by atoms with Crippen LogP contribution in [0.1, 0.15) is 41.4 Å². The summed E-state index contributed by atoms with van der Waals surface area (Å²) in [7, 11) is 0. The molecule has 0 amide bonds. The number of aromatic amines is 1. The van der Waals surface area contributed by atoms with Crippen molar-refractivity contribution in [3.8, 4) is 0 Å². The second-order valence-electron chi connectivity index (χ2n) is 7.36. The second-order valence-corrected chi connectivity index (χ2v) is 7.36. The molecule has 1 atom stereocenters. The molecule has 134 valence electrons. The Hall–Kier alpha value is -1.69. The molecule has 0 radical (unpaired) electrons. The highest BCUT2D eigenvalue weighted by Gasteiger charge is 2.41. The lowest BCUT2D eigenvalue weighted by Crippen LogP contribution is -2.50. The van der Waals surface area contributed by atoms with Gasteiger partial charge in [0.2, 0.25) is 0 Å². The lowest BCUT2D eigenvalue weighted by molar-refractivity contribution is -0.186. The Morgan fingerprint density at radius 1 is 1.20 bits per heavy atom. The van der Waals surface area contributed by atoms with Crippen LogP contribution in [0.3, 0.4) is 0 Å². The number of hydrogen-bond acceptors (Lipinski definition) is 4. The molecule has 1 aromatic carbocycles. The molecule has 5 heteroatoms. The maximum atomic E-state index is 13.2. The number of hydrogen-bond donors (Lipinski definition) is 1. The Balaban J connectivity index is 1.54. The van der Waals surface area contributed by atoms with Gasteiger partial charge >= 0.3 is 0 Å². The minimum Gasteiger partial charge on any atom is -0.358 e. The first-order valence-electron chi connectivity index (χ1n) is 9.14. The van der Waals surface area contributed by atoms with Gasteiger partial charge in [-0.1, -0.05) is 12.1 Å². The van der Waals surface area contributed by atoms with E-state index in [0.29, 0.717) is 13.2 Å². The van der Waals surface area contributed by atoms with Crippen LogP contribution in [0.4, 0.5) is 0 Å². The van der Waals surface area contributed by atoms with E-state index in [1.54, 1.807) is 0 Å². The highest BCUT2D eigenvalue weighted by atomic mass is 16.7. The summed E-state index contributed by atoms with van der Waals surface area (Å²) >= 11 is 0. The molecule has 1 spiro atoms. The van der Waals surface area contributed by atoms with Crippen molar-refractivity contribution in [2.24, 2.45) is 0 Å². The number of rotatable bonds is 3. The normalized spacial score (nSPS) is 21.9. The van der Waals surface area contributed by atoms with Crippen molar-refractivity contribution in [3.63, 3.8) is 0 Å². The van der Waals surface area contributed by atoms with Gasteiger partial charge in [-0.05, 0) is 32.4 Å². The van der Waals surface area contributed by atoms with Gasteiger partial charge in [0.15, 0.2) is 11.6 Å². The van der Waals surface area contributed by atoms with E-state index in [1.807, 2.05) is 13.8 Å². The Morgan fingerprint density at radius 2 is 1.88 bits per heavy atom. The summed E-state index contributed by atoms with van der Waals surface area (Å²) in [6, 6.07) is 6.08. The molecule has 0 unspecified atom stereocenters. The summed E-state index contributed by atoms with van der Waals surface area (Å²) in [6.45, 7) is 9.09. The predicted molar refractivity (Wildman–Crippen MR) is 97.0 cm³/mol. The number of piperidine rings is 1. The van der Waals surface area contributed by atoms with Crippen LogP contribution in [-0.2, 0) is 9.47 Å². The van der Waals surface area contributed by atoms with Gasteiger partial charge in [-0.15, -0.1) is 0 Å². The number of likely N-dealkylation sites (tertiary alicyclic amines) is 1. The maximum absolute atomic E-state index is 13.2. The molecule has 0 aliphatic carbocycles. The van der Waals surface area contributed by atoms with Gasteiger partial charge in [-0.25, -0.2) is 0 Å². The summed E-state index contributed by atoms with van der Waals surface area (Å²) in [4.78, 5) is 18.8. The number of H-pyrrole nitrogens is 1. The highest BCUT2D eigenvalue weighted by Crippen LogP contribution is 2.33. The summed E-state index contributed by atoms with van der Waals surface area (Å²) in [6.07, 6.45) is 1.66. The Kier molecular flexibility index (Phi) is 4.18. The number of carbonyl (C=O) groups excluding carboxylic acids is 1. The number of nitrogens with one attached hydrogen (secondary N) is 1. The summed E-state index contributed by atoms with van der Waals surface area (Å²) in [5.41, 5.74) is 4.02. The third-order valence-corrected chi connectivity index (χ3v) is 5.69. The maximum Gasteiger partial charge on any atom is 0.182 e. The number of ether oxygens (including phenoxy) is 2. The van der Waals surface area contributed by atoms with Gasteiger partial charge in [-0.2, -0.15) is 0 Å². The number of aromatic nitrogens is 1. The molecule has 2 aromatic rings. The number of nitrogens with zero attached hydrogens (tertiary/aromatic N) is 1. The first-order valence-corrected chi connectivity index (χ1v) is 9.14. The number of fused-ring (bicyclic) bond motifs is 1. The topological polar surface area (TPSA) is 54.6 Å². The molecule has 0 saturated carbocycles. The van der Waals surface area contributed by atoms with Crippen molar-refractivity contribution in [2.45, 2.75) is 45.4 Å². The molecule has 1 aromatic heterocycles. The quantitative estimate of drug-likeness (QED) is 0.871. The average molecular weight is 342 g/mol. The molecule has 4 rings (SSSR count). The zero-order valence-corrected chi connectivity index (χ0v) is 15.2. The Bertz CT molecular complexity index is 795. The standard InChI is InChI=1S/C20H26N2O3/c1-13-4-5-16-17(12-13)21-14(2)18(16)19(23)15(3)22-8-6-20(7-9-22)24-10-11-25-20/h4-5,12,15,21H,6-11H2,1-3H3/t15-/m1/s1. The monoisotopic (exact) mass is 342 g/mol. The van der Waals surface area contributed by atoms with Crippen LogP contribution < -0.4 is 0 Å². The minimum atomic E-state index is -0.395. The number of ketones is 1. The molecule has 2 fully saturated rings. The fraction of sp³-hybridized carbons (Fsp3) is 0.550. The third-order valence-electron chi connectivity index (χ3n) is 5.69. The van der Waals surface area contributed by atoms with Gasteiger partial charge < -0.3 is 14.5 Å². The highest BCUT2D eigenvalue weighted by molar-refractivity contribution is 6.11. The van der Waals surface area contributed by atoms with Crippen LogP contribution in [0.5, 0.6) is 0 Å². The molecule has 2 aliphatic heterocycles. The SMILES string of the molecule is Cc1ccc2c(C(=O)[C@@H](C)N3CCC4(CC3)OCCO4)c(C)[nH]c2c1. The third kappa shape index (κ3) is 2.90. The van der Waals surface area contributed by atoms with Gasteiger partial charge in [0.05, 0.1) is 19.3 Å². The van der Waals surface area contributed by atoms with Crippen molar-refractivity contribution >= 4 is 16.7 Å².